The van der Waals surface area contributed by atoms with Crippen molar-refractivity contribution in [3.63, 3.8) is 0 Å². The summed E-state index contributed by atoms with van der Waals surface area (Å²) in [5.41, 5.74) is -0.0869. The molecule has 2 rings (SSSR count). The molecule has 104 valence electrons. The van der Waals surface area contributed by atoms with E-state index in [2.05, 4.69) is 24.5 Å². The van der Waals surface area contributed by atoms with Gasteiger partial charge in [-0.05, 0) is 38.1 Å². The first kappa shape index (κ1) is 13.9. The van der Waals surface area contributed by atoms with E-state index in [1.165, 1.54) is 32.1 Å². The highest BCUT2D eigenvalue weighted by atomic mass is 16.2. The Hall–Kier alpha value is -0.570. The smallest absolute Gasteiger partial charge is 0.225 e. The van der Waals surface area contributed by atoms with Crippen LogP contribution in [0, 0.1) is 11.3 Å². The van der Waals surface area contributed by atoms with Gasteiger partial charge in [0.25, 0.3) is 0 Å². The number of hydrogen-bond acceptors (Lipinski definition) is 2. The van der Waals surface area contributed by atoms with Crippen LogP contribution in [0.4, 0.5) is 0 Å². The average molecular weight is 252 g/mol. The van der Waals surface area contributed by atoms with Crippen molar-refractivity contribution in [3.05, 3.63) is 0 Å². The molecule has 1 aliphatic heterocycles. The Bertz CT molecular complexity index is 284. The zero-order chi connectivity index (χ0) is 13.0. The minimum atomic E-state index is -0.0869. The second-order valence-electron chi connectivity index (χ2n) is 6.35. The molecule has 3 heteroatoms. The molecule has 2 unspecified atom stereocenters. The van der Waals surface area contributed by atoms with Crippen LogP contribution in [0.2, 0.25) is 0 Å². The minimum absolute atomic E-state index is 0.0869. The number of hydrogen-bond donors (Lipinski definition) is 2. The van der Waals surface area contributed by atoms with Gasteiger partial charge in [0.2, 0.25) is 5.91 Å². The van der Waals surface area contributed by atoms with Crippen LogP contribution in [-0.2, 0) is 4.79 Å². The van der Waals surface area contributed by atoms with Gasteiger partial charge < -0.3 is 10.6 Å². The molecule has 1 saturated heterocycles. The van der Waals surface area contributed by atoms with Crippen LogP contribution >= 0.6 is 0 Å². The number of piperidine rings is 1. The Labute approximate surface area is 111 Å². The Morgan fingerprint density at radius 1 is 1.33 bits per heavy atom. The fourth-order valence-corrected chi connectivity index (χ4v) is 3.55. The van der Waals surface area contributed by atoms with Crippen LogP contribution in [0.25, 0.3) is 0 Å². The second-order valence-corrected chi connectivity index (χ2v) is 6.35. The van der Waals surface area contributed by atoms with E-state index in [1.54, 1.807) is 0 Å². The summed E-state index contributed by atoms with van der Waals surface area (Å²) in [6.07, 6.45) is 8.35. The fraction of sp³-hybridized carbons (Fsp3) is 0.933. The van der Waals surface area contributed by atoms with Crippen molar-refractivity contribution in [1.82, 2.24) is 10.6 Å². The van der Waals surface area contributed by atoms with E-state index >= 15 is 0 Å². The summed E-state index contributed by atoms with van der Waals surface area (Å²) in [6, 6.07) is 0.484. The SMILES string of the molecule is CCC1CCCNC1CNC(=O)C1(C)CCCC1. The Morgan fingerprint density at radius 2 is 2.06 bits per heavy atom. The molecule has 18 heavy (non-hydrogen) atoms. The molecule has 0 bridgehead atoms. The predicted molar refractivity (Wildman–Crippen MR) is 74.4 cm³/mol. The first-order valence-electron chi connectivity index (χ1n) is 7.67. The summed E-state index contributed by atoms with van der Waals surface area (Å²) >= 11 is 0. The highest BCUT2D eigenvalue weighted by molar-refractivity contribution is 5.82. The molecule has 1 aliphatic carbocycles. The van der Waals surface area contributed by atoms with Crippen molar-refractivity contribution in [2.75, 3.05) is 13.1 Å². The molecular weight excluding hydrogens is 224 g/mol. The largest absolute Gasteiger partial charge is 0.354 e. The van der Waals surface area contributed by atoms with Gasteiger partial charge in [-0.2, -0.15) is 0 Å². The third-order valence-electron chi connectivity index (χ3n) is 4.99. The van der Waals surface area contributed by atoms with Crippen molar-refractivity contribution >= 4 is 5.91 Å². The van der Waals surface area contributed by atoms with E-state index in [1.807, 2.05) is 0 Å². The normalized spacial score (nSPS) is 31.2. The Morgan fingerprint density at radius 3 is 2.72 bits per heavy atom. The van der Waals surface area contributed by atoms with Gasteiger partial charge in [-0.15, -0.1) is 0 Å². The third-order valence-corrected chi connectivity index (χ3v) is 4.99. The van der Waals surface area contributed by atoms with Crippen LogP contribution in [0.3, 0.4) is 0 Å². The molecule has 1 saturated carbocycles. The van der Waals surface area contributed by atoms with Crippen molar-refractivity contribution in [2.24, 2.45) is 11.3 Å². The van der Waals surface area contributed by atoms with E-state index < -0.39 is 0 Å². The zero-order valence-corrected chi connectivity index (χ0v) is 11.9. The first-order chi connectivity index (χ1) is 8.65. The maximum absolute atomic E-state index is 12.3. The molecule has 3 nitrogen and oxygen atoms in total. The summed E-state index contributed by atoms with van der Waals surface area (Å²) in [6.45, 7) is 6.30. The van der Waals surface area contributed by atoms with Crippen LogP contribution in [0.15, 0.2) is 0 Å². The van der Waals surface area contributed by atoms with Crippen LogP contribution < -0.4 is 10.6 Å². The van der Waals surface area contributed by atoms with E-state index in [-0.39, 0.29) is 11.3 Å². The lowest BCUT2D eigenvalue weighted by Crippen LogP contribution is -2.50. The summed E-state index contributed by atoms with van der Waals surface area (Å²) in [5.74, 6) is 1.01. The van der Waals surface area contributed by atoms with E-state index in [0.29, 0.717) is 6.04 Å². The molecule has 2 fully saturated rings. The third kappa shape index (κ3) is 3.05. The Kier molecular flexibility index (Phi) is 4.66. The van der Waals surface area contributed by atoms with Crippen molar-refractivity contribution in [2.45, 2.75) is 64.8 Å². The van der Waals surface area contributed by atoms with Crippen molar-refractivity contribution in [1.29, 1.82) is 0 Å². The number of rotatable bonds is 4. The van der Waals surface area contributed by atoms with Crippen LogP contribution in [-0.4, -0.2) is 25.0 Å². The van der Waals surface area contributed by atoms with Crippen LogP contribution in [0.5, 0.6) is 0 Å². The van der Waals surface area contributed by atoms with Gasteiger partial charge in [-0.3, -0.25) is 4.79 Å². The number of carbonyl (C=O) groups is 1. The molecule has 1 amide bonds. The second kappa shape index (κ2) is 6.05. The summed E-state index contributed by atoms with van der Waals surface area (Å²) in [4.78, 5) is 12.3. The van der Waals surface area contributed by atoms with Gasteiger partial charge in [0.1, 0.15) is 0 Å². The van der Waals surface area contributed by atoms with Crippen molar-refractivity contribution < 1.29 is 4.79 Å². The van der Waals surface area contributed by atoms with Gasteiger partial charge in [0, 0.05) is 18.0 Å². The molecule has 2 atom stereocenters. The molecule has 1 heterocycles. The summed E-state index contributed by atoms with van der Waals surface area (Å²) in [5, 5.41) is 6.76. The van der Waals surface area contributed by atoms with Gasteiger partial charge in [0.05, 0.1) is 0 Å². The van der Waals surface area contributed by atoms with E-state index in [4.69, 9.17) is 0 Å². The molecule has 0 aromatic heterocycles. The first-order valence-corrected chi connectivity index (χ1v) is 7.67. The predicted octanol–water partition coefficient (Wildman–Crippen LogP) is 2.46. The maximum atomic E-state index is 12.3. The molecule has 0 aromatic rings. The molecule has 2 aliphatic rings. The number of nitrogens with one attached hydrogen (secondary N) is 2. The topological polar surface area (TPSA) is 41.1 Å². The molecule has 2 N–H and O–H groups in total. The molecule has 0 radical (unpaired) electrons. The lowest BCUT2D eigenvalue weighted by molar-refractivity contribution is -0.130. The molecule has 0 aromatic carbocycles. The van der Waals surface area contributed by atoms with E-state index in [9.17, 15) is 4.79 Å². The molecule has 0 spiro atoms. The quantitative estimate of drug-likeness (QED) is 0.807. The standard InChI is InChI=1S/C15H28N2O/c1-3-12-7-6-10-16-13(12)11-17-14(18)15(2)8-4-5-9-15/h12-13,16H,3-11H2,1-2H3,(H,17,18). The van der Waals surface area contributed by atoms with Crippen molar-refractivity contribution in [3.8, 4) is 0 Å². The van der Waals surface area contributed by atoms with Gasteiger partial charge in [0.15, 0.2) is 0 Å². The highest BCUT2D eigenvalue weighted by Gasteiger charge is 2.36. The number of carbonyl (C=O) groups excluding carboxylic acids is 1. The van der Waals surface area contributed by atoms with E-state index in [0.717, 1.165) is 31.8 Å². The van der Waals surface area contributed by atoms with Gasteiger partial charge in [-0.25, -0.2) is 0 Å². The zero-order valence-electron chi connectivity index (χ0n) is 11.9. The molecular formula is C15H28N2O. The lowest BCUT2D eigenvalue weighted by Gasteiger charge is -2.33. The summed E-state index contributed by atoms with van der Waals surface area (Å²) in [7, 11) is 0. The van der Waals surface area contributed by atoms with Gasteiger partial charge >= 0.3 is 0 Å². The monoisotopic (exact) mass is 252 g/mol. The van der Waals surface area contributed by atoms with Gasteiger partial charge in [-0.1, -0.05) is 33.1 Å². The average Bonchev–Trinajstić information content (AvgIpc) is 2.84. The maximum Gasteiger partial charge on any atom is 0.225 e. The lowest BCUT2D eigenvalue weighted by atomic mass is 9.86. The number of amides is 1. The highest BCUT2D eigenvalue weighted by Crippen LogP contribution is 2.37. The fourth-order valence-electron chi connectivity index (χ4n) is 3.55. The van der Waals surface area contributed by atoms with Crippen LogP contribution in [0.1, 0.15) is 58.8 Å². The Balaban J connectivity index is 1.81. The summed E-state index contributed by atoms with van der Waals surface area (Å²) < 4.78 is 0. The minimum Gasteiger partial charge on any atom is -0.354 e.